The monoisotopic (exact) mass is 261 g/mol. The van der Waals surface area contributed by atoms with E-state index in [1.807, 2.05) is 0 Å². The molecule has 1 aliphatic carbocycles. The van der Waals surface area contributed by atoms with Gasteiger partial charge in [-0.25, -0.2) is 0 Å². The van der Waals surface area contributed by atoms with Crippen LogP contribution in [0.5, 0.6) is 0 Å². The molecule has 1 aliphatic rings. The topological polar surface area (TPSA) is 21.3 Å². The summed E-state index contributed by atoms with van der Waals surface area (Å²) < 4.78 is 5.83. The van der Waals surface area contributed by atoms with Gasteiger partial charge in [-0.1, -0.05) is 50.1 Å². The van der Waals surface area contributed by atoms with Gasteiger partial charge >= 0.3 is 0 Å². The first-order valence-electron chi connectivity index (χ1n) is 7.64. The molecule has 2 heteroatoms. The Balaban J connectivity index is 2.17. The minimum atomic E-state index is 0.268. The van der Waals surface area contributed by atoms with E-state index in [4.69, 9.17) is 4.74 Å². The van der Waals surface area contributed by atoms with Crippen molar-refractivity contribution in [3.8, 4) is 0 Å². The van der Waals surface area contributed by atoms with Crippen LogP contribution < -0.4 is 5.32 Å². The van der Waals surface area contributed by atoms with E-state index in [9.17, 15) is 0 Å². The molecule has 1 fully saturated rings. The number of rotatable bonds is 7. The van der Waals surface area contributed by atoms with E-state index in [0.717, 1.165) is 19.6 Å². The molecule has 0 heterocycles. The number of benzene rings is 1. The zero-order valence-corrected chi connectivity index (χ0v) is 12.3. The Morgan fingerprint density at radius 3 is 2.47 bits per heavy atom. The summed E-state index contributed by atoms with van der Waals surface area (Å²) in [5.41, 5.74) is 1.75. The summed E-state index contributed by atoms with van der Waals surface area (Å²) in [6, 6.07) is 11.4. The summed E-state index contributed by atoms with van der Waals surface area (Å²) in [6.07, 6.45) is 6.31. The Kier molecular flexibility index (Phi) is 5.41. The summed E-state index contributed by atoms with van der Waals surface area (Å²) in [7, 11) is 2.07. The van der Waals surface area contributed by atoms with Crippen molar-refractivity contribution in [1.82, 2.24) is 5.32 Å². The van der Waals surface area contributed by atoms with Crippen molar-refractivity contribution in [2.75, 3.05) is 20.3 Å². The molecule has 1 saturated carbocycles. The maximum Gasteiger partial charge on any atom is 0.0628 e. The lowest BCUT2D eigenvalue weighted by Crippen LogP contribution is -2.48. The van der Waals surface area contributed by atoms with Crippen LogP contribution in [-0.4, -0.2) is 26.3 Å². The summed E-state index contributed by atoms with van der Waals surface area (Å²) >= 11 is 0. The Morgan fingerprint density at radius 1 is 1.21 bits per heavy atom. The van der Waals surface area contributed by atoms with E-state index >= 15 is 0 Å². The lowest BCUT2D eigenvalue weighted by molar-refractivity contribution is 0.0867. The third-order valence-electron chi connectivity index (χ3n) is 4.49. The molecule has 0 bridgehead atoms. The number of nitrogens with one attached hydrogen (secondary N) is 1. The van der Waals surface area contributed by atoms with Crippen molar-refractivity contribution in [2.24, 2.45) is 0 Å². The van der Waals surface area contributed by atoms with Gasteiger partial charge in [-0.3, -0.25) is 0 Å². The predicted molar refractivity (Wildman–Crippen MR) is 80.5 cm³/mol. The molecule has 2 rings (SSSR count). The third kappa shape index (κ3) is 3.18. The molecule has 1 aromatic rings. The Bertz CT molecular complexity index is 357. The molecule has 0 radical (unpaired) electrons. The van der Waals surface area contributed by atoms with E-state index in [0.29, 0.717) is 6.04 Å². The van der Waals surface area contributed by atoms with Crippen LogP contribution in [0.4, 0.5) is 0 Å². The molecule has 1 unspecified atom stereocenters. The molecule has 1 aromatic carbocycles. The van der Waals surface area contributed by atoms with Gasteiger partial charge in [0.05, 0.1) is 6.61 Å². The van der Waals surface area contributed by atoms with E-state index < -0.39 is 0 Å². The van der Waals surface area contributed by atoms with Gasteiger partial charge in [0, 0.05) is 18.1 Å². The molecular weight excluding hydrogens is 234 g/mol. The fraction of sp³-hybridized carbons (Fsp3) is 0.647. The van der Waals surface area contributed by atoms with Crippen molar-refractivity contribution < 1.29 is 4.74 Å². The zero-order valence-electron chi connectivity index (χ0n) is 12.3. The summed E-state index contributed by atoms with van der Waals surface area (Å²) in [5.74, 6) is 0. The minimum Gasteiger partial charge on any atom is -0.380 e. The second-order valence-corrected chi connectivity index (χ2v) is 5.65. The minimum absolute atomic E-state index is 0.268. The predicted octanol–water partition coefficient (Wildman–Crippen LogP) is 3.51. The molecule has 1 N–H and O–H groups in total. The maximum absolute atomic E-state index is 5.83. The van der Waals surface area contributed by atoms with E-state index in [1.165, 1.54) is 31.2 Å². The first-order chi connectivity index (χ1) is 9.33. The smallest absolute Gasteiger partial charge is 0.0628 e. The highest BCUT2D eigenvalue weighted by Crippen LogP contribution is 2.43. The van der Waals surface area contributed by atoms with Gasteiger partial charge < -0.3 is 10.1 Å². The molecule has 2 nitrogen and oxygen atoms in total. The Labute approximate surface area is 117 Å². The highest BCUT2D eigenvalue weighted by Gasteiger charge is 2.41. The lowest BCUT2D eigenvalue weighted by Gasteiger charge is -2.38. The van der Waals surface area contributed by atoms with Crippen LogP contribution >= 0.6 is 0 Å². The number of likely N-dealkylation sites (N-methyl/N-ethyl adjacent to an activating group) is 1. The SMILES string of the molecule is CCCOCC(NC)C1(c2ccccc2)CCCC1. The highest BCUT2D eigenvalue weighted by atomic mass is 16.5. The first-order valence-corrected chi connectivity index (χ1v) is 7.64. The fourth-order valence-corrected chi connectivity index (χ4v) is 3.48. The van der Waals surface area contributed by atoms with Crippen LogP contribution in [0, 0.1) is 0 Å². The third-order valence-corrected chi connectivity index (χ3v) is 4.49. The van der Waals surface area contributed by atoms with Crippen LogP contribution in [0.3, 0.4) is 0 Å². The Hall–Kier alpha value is -0.860. The highest BCUT2D eigenvalue weighted by molar-refractivity contribution is 5.29. The summed E-state index contributed by atoms with van der Waals surface area (Å²) in [6.45, 7) is 3.85. The molecule has 1 atom stereocenters. The second kappa shape index (κ2) is 7.06. The van der Waals surface area contributed by atoms with E-state index in [1.54, 1.807) is 0 Å². The van der Waals surface area contributed by atoms with Crippen molar-refractivity contribution >= 4 is 0 Å². The molecule has 0 aliphatic heterocycles. The van der Waals surface area contributed by atoms with Crippen molar-refractivity contribution in [3.63, 3.8) is 0 Å². The van der Waals surface area contributed by atoms with Gasteiger partial charge in [-0.2, -0.15) is 0 Å². The van der Waals surface area contributed by atoms with Gasteiger partial charge in [0.2, 0.25) is 0 Å². The fourth-order valence-electron chi connectivity index (χ4n) is 3.48. The molecule has 19 heavy (non-hydrogen) atoms. The van der Waals surface area contributed by atoms with Crippen molar-refractivity contribution in [1.29, 1.82) is 0 Å². The van der Waals surface area contributed by atoms with Crippen LogP contribution in [0.2, 0.25) is 0 Å². The number of hydrogen-bond donors (Lipinski definition) is 1. The second-order valence-electron chi connectivity index (χ2n) is 5.65. The van der Waals surface area contributed by atoms with Crippen molar-refractivity contribution in [2.45, 2.75) is 50.5 Å². The van der Waals surface area contributed by atoms with Crippen LogP contribution in [0.15, 0.2) is 30.3 Å². The van der Waals surface area contributed by atoms with E-state index in [2.05, 4.69) is 49.6 Å². The molecule has 0 amide bonds. The van der Waals surface area contributed by atoms with Gasteiger partial charge in [-0.15, -0.1) is 0 Å². The van der Waals surface area contributed by atoms with Gasteiger partial charge in [0.1, 0.15) is 0 Å². The van der Waals surface area contributed by atoms with Crippen molar-refractivity contribution in [3.05, 3.63) is 35.9 Å². The normalized spacial score (nSPS) is 19.5. The molecule has 0 spiro atoms. The number of ether oxygens (including phenoxy) is 1. The van der Waals surface area contributed by atoms with Crippen LogP contribution in [0.1, 0.15) is 44.6 Å². The lowest BCUT2D eigenvalue weighted by atomic mass is 9.73. The average Bonchev–Trinajstić information content (AvgIpc) is 2.95. The van der Waals surface area contributed by atoms with Gasteiger partial charge in [0.25, 0.3) is 0 Å². The van der Waals surface area contributed by atoms with Gasteiger partial charge in [0.15, 0.2) is 0 Å². The molecule has 0 saturated heterocycles. The van der Waals surface area contributed by atoms with E-state index in [-0.39, 0.29) is 5.41 Å². The Morgan fingerprint density at radius 2 is 1.89 bits per heavy atom. The molecular formula is C17H27NO. The van der Waals surface area contributed by atoms with Crippen LogP contribution in [-0.2, 0) is 10.2 Å². The zero-order chi connectivity index (χ0) is 13.6. The molecule has 106 valence electrons. The molecule has 0 aromatic heterocycles. The largest absolute Gasteiger partial charge is 0.380 e. The maximum atomic E-state index is 5.83. The number of hydrogen-bond acceptors (Lipinski definition) is 2. The van der Waals surface area contributed by atoms with Gasteiger partial charge in [-0.05, 0) is 31.9 Å². The summed E-state index contributed by atoms with van der Waals surface area (Å²) in [4.78, 5) is 0. The van der Waals surface area contributed by atoms with Crippen LogP contribution in [0.25, 0.3) is 0 Å². The summed E-state index contributed by atoms with van der Waals surface area (Å²) in [5, 5.41) is 3.52. The average molecular weight is 261 g/mol. The standard InChI is InChI=1S/C17H27NO/c1-3-13-19-14-16(18-2)17(11-7-8-12-17)15-9-5-4-6-10-15/h4-6,9-10,16,18H,3,7-8,11-14H2,1-2H3. The first kappa shape index (κ1) is 14.5. The quantitative estimate of drug-likeness (QED) is 0.758.